The van der Waals surface area contributed by atoms with E-state index in [0.29, 0.717) is 0 Å². The molecule has 2 radical (unpaired) electrons. The van der Waals surface area contributed by atoms with Crippen LogP contribution in [0.1, 0.15) is 32.1 Å². The first-order chi connectivity index (χ1) is 5.97. The molecule has 0 N–H and O–H groups in total. The fourth-order valence-corrected chi connectivity index (χ4v) is 2.09. The van der Waals surface area contributed by atoms with E-state index in [0.717, 1.165) is 12.3 Å². The average molecular weight is 160 g/mol. The molecule has 0 atom stereocenters. The number of rotatable bonds is 1. The van der Waals surface area contributed by atoms with Crippen molar-refractivity contribution in [2.24, 2.45) is 5.92 Å². The van der Waals surface area contributed by atoms with Gasteiger partial charge in [-0.1, -0.05) is 18.2 Å². The van der Waals surface area contributed by atoms with Crippen LogP contribution in [0.4, 0.5) is 0 Å². The van der Waals surface area contributed by atoms with Gasteiger partial charge in [0.1, 0.15) is 0 Å². The third-order valence-corrected chi connectivity index (χ3v) is 2.82. The van der Waals surface area contributed by atoms with Crippen LogP contribution in [0.3, 0.4) is 0 Å². The Morgan fingerprint density at radius 2 is 2.00 bits per heavy atom. The van der Waals surface area contributed by atoms with E-state index < -0.39 is 0 Å². The Hall–Kier alpha value is -0.520. The molecule has 0 bridgehead atoms. The first kappa shape index (κ1) is 8.10. The predicted molar refractivity (Wildman–Crippen MR) is 52.4 cm³/mol. The molecule has 0 amide bonds. The van der Waals surface area contributed by atoms with Gasteiger partial charge < -0.3 is 0 Å². The van der Waals surface area contributed by atoms with Crippen LogP contribution in [0.2, 0.25) is 0 Å². The summed E-state index contributed by atoms with van der Waals surface area (Å²) in [6.45, 7) is 0. The van der Waals surface area contributed by atoms with Crippen molar-refractivity contribution in [1.29, 1.82) is 0 Å². The van der Waals surface area contributed by atoms with Gasteiger partial charge in [0.25, 0.3) is 0 Å². The number of allylic oxidation sites excluding steroid dienone is 4. The quantitative estimate of drug-likeness (QED) is 0.551. The van der Waals surface area contributed by atoms with Crippen LogP contribution in [0.25, 0.3) is 0 Å². The van der Waals surface area contributed by atoms with E-state index >= 15 is 0 Å². The predicted octanol–water partition coefficient (Wildman–Crippen LogP) is 3.47. The summed E-state index contributed by atoms with van der Waals surface area (Å²) in [7, 11) is 0. The normalized spacial score (nSPS) is 25.5. The summed E-state index contributed by atoms with van der Waals surface area (Å²) in [5.41, 5.74) is 1.59. The van der Waals surface area contributed by atoms with Gasteiger partial charge in [0.05, 0.1) is 0 Å². The summed E-state index contributed by atoms with van der Waals surface area (Å²) in [4.78, 5) is 0. The van der Waals surface area contributed by atoms with E-state index in [4.69, 9.17) is 0 Å². The smallest absolute Gasteiger partial charge is 0.0129 e. The van der Waals surface area contributed by atoms with Crippen LogP contribution < -0.4 is 0 Å². The minimum absolute atomic E-state index is 0.861. The Labute approximate surface area is 75.4 Å². The summed E-state index contributed by atoms with van der Waals surface area (Å²) in [6, 6.07) is 0. The third kappa shape index (κ3) is 1.80. The van der Waals surface area contributed by atoms with Crippen molar-refractivity contribution < 1.29 is 0 Å². The van der Waals surface area contributed by atoms with Crippen molar-refractivity contribution in [3.63, 3.8) is 0 Å². The Morgan fingerprint density at radius 3 is 2.67 bits per heavy atom. The molecule has 0 heteroatoms. The molecule has 0 aromatic carbocycles. The molecule has 64 valence electrons. The van der Waals surface area contributed by atoms with Crippen LogP contribution in [-0.2, 0) is 0 Å². The minimum Gasteiger partial charge on any atom is -0.0804 e. The zero-order valence-electron chi connectivity index (χ0n) is 7.50. The highest BCUT2D eigenvalue weighted by Crippen LogP contribution is 2.31. The largest absolute Gasteiger partial charge is 0.0804 e. The molecule has 2 aliphatic carbocycles. The van der Waals surface area contributed by atoms with Gasteiger partial charge in [0.2, 0.25) is 0 Å². The van der Waals surface area contributed by atoms with Crippen molar-refractivity contribution in [2.45, 2.75) is 32.1 Å². The average Bonchev–Trinajstić information content (AvgIpc) is 2.21. The molecule has 2 rings (SSSR count). The Balaban J connectivity index is 1.97. The maximum atomic E-state index is 2.43. The Bertz CT molecular complexity index is 192. The molecule has 2 aliphatic rings. The minimum atomic E-state index is 0.861. The molecule has 12 heavy (non-hydrogen) atoms. The fraction of sp³-hybridized carbons (Fsp3) is 0.500. The van der Waals surface area contributed by atoms with E-state index in [2.05, 4.69) is 31.1 Å². The maximum absolute atomic E-state index is 2.43. The highest BCUT2D eigenvalue weighted by atomic mass is 14.2. The Kier molecular flexibility index (Phi) is 2.65. The van der Waals surface area contributed by atoms with E-state index in [-0.39, 0.29) is 0 Å². The number of hydrogen-bond donors (Lipinski definition) is 0. The van der Waals surface area contributed by atoms with Gasteiger partial charge >= 0.3 is 0 Å². The molecule has 0 spiro atoms. The van der Waals surface area contributed by atoms with E-state index in [1.165, 1.54) is 25.7 Å². The molecule has 1 saturated carbocycles. The molecular weight excluding hydrogens is 144 g/mol. The summed E-state index contributed by atoms with van der Waals surface area (Å²) in [5.74, 6) is 0.861. The molecule has 1 fully saturated rings. The van der Waals surface area contributed by atoms with E-state index in [1.807, 2.05) is 0 Å². The van der Waals surface area contributed by atoms with Crippen LogP contribution in [0.5, 0.6) is 0 Å². The second kappa shape index (κ2) is 3.93. The van der Waals surface area contributed by atoms with Crippen molar-refractivity contribution >= 4 is 0 Å². The second-order valence-corrected chi connectivity index (χ2v) is 3.67. The zero-order valence-corrected chi connectivity index (χ0v) is 7.50. The zero-order chi connectivity index (χ0) is 8.23. The summed E-state index contributed by atoms with van der Waals surface area (Å²) < 4.78 is 0. The molecular formula is C12H16. The van der Waals surface area contributed by atoms with E-state index in [9.17, 15) is 0 Å². The molecule has 0 saturated heterocycles. The lowest BCUT2D eigenvalue weighted by molar-refractivity contribution is 0.467. The number of hydrogen-bond acceptors (Lipinski definition) is 0. The van der Waals surface area contributed by atoms with Gasteiger partial charge in [0, 0.05) is 0 Å². The van der Waals surface area contributed by atoms with Gasteiger partial charge in [-0.2, -0.15) is 0 Å². The monoisotopic (exact) mass is 160 g/mol. The summed E-state index contributed by atoms with van der Waals surface area (Å²) in [6.07, 6.45) is 18.1. The lowest BCUT2D eigenvalue weighted by atomic mass is 9.82. The van der Waals surface area contributed by atoms with Crippen molar-refractivity contribution in [2.75, 3.05) is 0 Å². The molecule has 0 heterocycles. The van der Waals surface area contributed by atoms with Gasteiger partial charge in [-0.25, -0.2) is 0 Å². The summed E-state index contributed by atoms with van der Waals surface area (Å²) in [5, 5.41) is 0. The van der Waals surface area contributed by atoms with Gasteiger partial charge in [-0.15, -0.1) is 0 Å². The first-order valence-corrected chi connectivity index (χ1v) is 4.98. The SMILES string of the molecule is [CH]1C=CC(C2CC[CH]CC2)=CC1. The third-order valence-electron chi connectivity index (χ3n) is 2.82. The molecule has 0 unspecified atom stereocenters. The second-order valence-electron chi connectivity index (χ2n) is 3.67. The fourth-order valence-electron chi connectivity index (χ4n) is 2.09. The Morgan fingerprint density at radius 1 is 1.17 bits per heavy atom. The molecule has 0 aromatic rings. The van der Waals surface area contributed by atoms with Crippen molar-refractivity contribution in [3.05, 3.63) is 36.6 Å². The van der Waals surface area contributed by atoms with Crippen LogP contribution in [0.15, 0.2) is 23.8 Å². The van der Waals surface area contributed by atoms with E-state index in [1.54, 1.807) is 5.57 Å². The highest BCUT2D eigenvalue weighted by molar-refractivity contribution is 5.29. The molecule has 0 aromatic heterocycles. The lowest BCUT2D eigenvalue weighted by Gasteiger charge is -2.23. The van der Waals surface area contributed by atoms with Gasteiger partial charge in [-0.3, -0.25) is 0 Å². The van der Waals surface area contributed by atoms with Crippen LogP contribution in [0, 0.1) is 18.8 Å². The van der Waals surface area contributed by atoms with Gasteiger partial charge in [-0.05, 0) is 56.4 Å². The maximum Gasteiger partial charge on any atom is -0.0129 e. The standard InChI is InChI=1S/C12H16/c1-3-7-11(8-4-1)12-9-5-2-6-10-12/h1-3,7-8,12H,4-6,9-10H2. The highest BCUT2D eigenvalue weighted by Gasteiger charge is 2.16. The first-order valence-electron chi connectivity index (χ1n) is 4.98. The van der Waals surface area contributed by atoms with Crippen molar-refractivity contribution in [3.8, 4) is 0 Å². The topological polar surface area (TPSA) is 0 Å². The lowest BCUT2D eigenvalue weighted by Crippen LogP contribution is -2.09. The van der Waals surface area contributed by atoms with Crippen LogP contribution in [-0.4, -0.2) is 0 Å². The van der Waals surface area contributed by atoms with Crippen LogP contribution >= 0.6 is 0 Å². The molecule has 0 aliphatic heterocycles. The summed E-state index contributed by atoms with van der Waals surface area (Å²) >= 11 is 0. The molecule has 0 nitrogen and oxygen atoms in total. The van der Waals surface area contributed by atoms with Gasteiger partial charge in [0.15, 0.2) is 0 Å². The van der Waals surface area contributed by atoms with Crippen molar-refractivity contribution in [1.82, 2.24) is 0 Å².